The highest BCUT2D eigenvalue weighted by Gasteiger charge is 2.36. The average molecular weight is 223 g/mol. The van der Waals surface area contributed by atoms with E-state index in [9.17, 15) is 4.79 Å². The maximum atomic E-state index is 11.7. The Labute approximate surface area is 97.5 Å². The van der Waals surface area contributed by atoms with E-state index in [2.05, 4.69) is 11.9 Å². The molecule has 2 aliphatic heterocycles. The molecule has 3 heteroatoms. The summed E-state index contributed by atoms with van der Waals surface area (Å²) in [5.74, 6) is -0.124. The van der Waals surface area contributed by atoms with Gasteiger partial charge in [-0.2, -0.15) is 0 Å². The van der Waals surface area contributed by atoms with Crippen LogP contribution < -0.4 is 0 Å². The maximum absolute atomic E-state index is 11.7. The summed E-state index contributed by atoms with van der Waals surface area (Å²) in [6.45, 7) is 4.24. The zero-order valence-corrected chi connectivity index (χ0v) is 10.5. The van der Waals surface area contributed by atoms with E-state index in [4.69, 9.17) is 4.74 Å². The predicted octanol–water partition coefficient (Wildman–Crippen LogP) is 2.12. The molecule has 0 N–H and O–H groups in total. The van der Waals surface area contributed by atoms with Gasteiger partial charge in [-0.25, -0.2) is 4.79 Å². The first kappa shape index (κ1) is 11.6. The Kier molecular flexibility index (Phi) is 3.33. The summed E-state index contributed by atoms with van der Waals surface area (Å²) >= 11 is 0. The van der Waals surface area contributed by atoms with Gasteiger partial charge in [-0.3, -0.25) is 4.90 Å². The second-order valence-corrected chi connectivity index (χ2v) is 4.91. The molecule has 2 fully saturated rings. The third kappa shape index (κ3) is 2.01. The summed E-state index contributed by atoms with van der Waals surface area (Å²) in [5.41, 5.74) is 2.18. The Morgan fingerprint density at radius 1 is 1.38 bits per heavy atom. The topological polar surface area (TPSA) is 29.5 Å². The Morgan fingerprint density at radius 2 is 1.94 bits per heavy atom. The highest BCUT2D eigenvalue weighted by atomic mass is 16.5. The van der Waals surface area contributed by atoms with Crippen LogP contribution in [0.15, 0.2) is 11.1 Å². The molecule has 0 saturated carbocycles. The number of hydrogen-bond donors (Lipinski definition) is 0. The smallest absolute Gasteiger partial charge is 0.333 e. The second-order valence-electron chi connectivity index (χ2n) is 4.91. The van der Waals surface area contributed by atoms with Gasteiger partial charge in [-0.15, -0.1) is 0 Å². The van der Waals surface area contributed by atoms with Crippen molar-refractivity contribution in [2.75, 3.05) is 13.7 Å². The minimum absolute atomic E-state index is 0.124. The van der Waals surface area contributed by atoms with Crippen LogP contribution in [0.5, 0.6) is 0 Å². The molecule has 16 heavy (non-hydrogen) atoms. The van der Waals surface area contributed by atoms with Gasteiger partial charge in [-0.1, -0.05) is 5.57 Å². The van der Waals surface area contributed by atoms with E-state index in [1.54, 1.807) is 0 Å². The number of carbonyl (C=O) groups excluding carboxylic acids is 1. The summed E-state index contributed by atoms with van der Waals surface area (Å²) in [4.78, 5) is 14.1. The van der Waals surface area contributed by atoms with Crippen LogP contribution in [0.3, 0.4) is 0 Å². The fourth-order valence-electron chi connectivity index (χ4n) is 2.92. The molecule has 2 heterocycles. The van der Waals surface area contributed by atoms with Crippen molar-refractivity contribution in [1.82, 2.24) is 4.90 Å². The van der Waals surface area contributed by atoms with Crippen LogP contribution in [0.25, 0.3) is 0 Å². The fourth-order valence-corrected chi connectivity index (χ4v) is 2.92. The van der Waals surface area contributed by atoms with Crippen LogP contribution in [-0.4, -0.2) is 36.6 Å². The van der Waals surface area contributed by atoms with Crippen molar-refractivity contribution in [3.63, 3.8) is 0 Å². The molecule has 2 unspecified atom stereocenters. The first-order chi connectivity index (χ1) is 7.63. The van der Waals surface area contributed by atoms with Gasteiger partial charge in [0, 0.05) is 17.7 Å². The largest absolute Gasteiger partial charge is 0.463 e. The molecule has 2 bridgehead atoms. The molecule has 0 aromatic heterocycles. The van der Waals surface area contributed by atoms with Gasteiger partial charge in [0.25, 0.3) is 0 Å². The zero-order chi connectivity index (χ0) is 11.7. The SMILES string of the molecule is CCOC(=O)C(C)=C1CC2CCC(C1)N2C. The zero-order valence-electron chi connectivity index (χ0n) is 10.5. The van der Waals surface area contributed by atoms with E-state index >= 15 is 0 Å². The van der Waals surface area contributed by atoms with E-state index < -0.39 is 0 Å². The molecule has 0 aromatic rings. The summed E-state index contributed by atoms with van der Waals surface area (Å²) in [6, 6.07) is 1.30. The van der Waals surface area contributed by atoms with Crippen LogP contribution in [-0.2, 0) is 9.53 Å². The third-order valence-corrected chi connectivity index (χ3v) is 4.06. The summed E-state index contributed by atoms with van der Waals surface area (Å²) in [6.07, 6.45) is 4.66. The van der Waals surface area contributed by atoms with Gasteiger partial charge in [0.2, 0.25) is 0 Å². The maximum Gasteiger partial charge on any atom is 0.333 e. The monoisotopic (exact) mass is 223 g/mol. The lowest BCUT2D eigenvalue weighted by molar-refractivity contribution is -0.138. The Morgan fingerprint density at radius 3 is 2.44 bits per heavy atom. The molecule has 3 nitrogen and oxygen atoms in total. The molecule has 0 amide bonds. The summed E-state index contributed by atoms with van der Waals surface area (Å²) in [7, 11) is 2.21. The van der Waals surface area contributed by atoms with Crippen molar-refractivity contribution in [3.05, 3.63) is 11.1 Å². The van der Waals surface area contributed by atoms with Crippen molar-refractivity contribution in [2.24, 2.45) is 0 Å². The van der Waals surface area contributed by atoms with Crippen LogP contribution in [0, 0.1) is 0 Å². The number of fused-ring (bicyclic) bond motifs is 2. The van der Waals surface area contributed by atoms with E-state index in [1.165, 1.54) is 18.4 Å². The highest BCUT2D eigenvalue weighted by Crippen LogP contribution is 2.38. The predicted molar refractivity (Wildman–Crippen MR) is 63.1 cm³/mol. The van der Waals surface area contributed by atoms with E-state index in [0.29, 0.717) is 18.7 Å². The normalized spacial score (nSPS) is 29.3. The number of hydrogen-bond acceptors (Lipinski definition) is 3. The van der Waals surface area contributed by atoms with Gasteiger partial charge in [0.15, 0.2) is 0 Å². The lowest BCUT2D eigenvalue weighted by Gasteiger charge is -2.33. The number of rotatable bonds is 2. The Hall–Kier alpha value is -0.830. The molecular formula is C13H21NO2. The van der Waals surface area contributed by atoms with Gasteiger partial charge in [-0.05, 0) is 46.6 Å². The van der Waals surface area contributed by atoms with Crippen LogP contribution in [0.2, 0.25) is 0 Å². The van der Waals surface area contributed by atoms with Crippen molar-refractivity contribution in [1.29, 1.82) is 0 Å². The van der Waals surface area contributed by atoms with Crippen LogP contribution >= 0.6 is 0 Å². The fraction of sp³-hybridized carbons (Fsp3) is 0.769. The molecule has 0 aliphatic carbocycles. The molecule has 0 radical (unpaired) electrons. The summed E-state index contributed by atoms with van der Waals surface area (Å²) in [5, 5.41) is 0. The molecule has 2 rings (SSSR count). The second kappa shape index (κ2) is 4.58. The minimum atomic E-state index is -0.124. The van der Waals surface area contributed by atoms with E-state index in [1.807, 2.05) is 13.8 Å². The van der Waals surface area contributed by atoms with Crippen LogP contribution in [0.1, 0.15) is 39.5 Å². The number of piperidine rings is 1. The quantitative estimate of drug-likeness (QED) is 0.530. The minimum Gasteiger partial charge on any atom is -0.463 e. The van der Waals surface area contributed by atoms with Gasteiger partial charge in [0.1, 0.15) is 0 Å². The van der Waals surface area contributed by atoms with Gasteiger partial charge in [0.05, 0.1) is 6.61 Å². The Bertz CT molecular complexity index is 306. The molecule has 2 saturated heterocycles. The first-order valence-corrected chi connectivity index (χ1v) is 6.21. The number of nitrogens with zero attached hydrogens (tertiary/aromatic N) is 1. The van der Waals surface area contributed by atoms with E-state index in [-0.39, 0.29) is 5.97 Å². The molecule has 90 valence electrons. The number of carbonyl (C=O) groups is 1. The average Bonchev–Trinajstić information content (AvgIpc) is 2.53. The van der Waals surface area contributed by atoms with Crippen LogP contribution in [0.4, 0.5) is 0 Å². The molecule has 0 spiro atoms. The number of esters is 1. The van der Waals surface area contributed by atoms with Gasteiger partial charge >= 0.3 is 5.97 Å². The first-order valence-electron chi connectivity index (χ1n) is 6.21. The molecule has 0 aromatic carbocycles. The van der Waals surface area contributed by atoms with Crippen molar-refractivity contribution in [3.8, 4) is 0 Å². The van der Waals surface area contributed by atoms with Crippen molar-refractivity contribution in [2.45, 2.75) is 51.6 Å². The van der Waals surface area contributed by atoms with Gasteiger partial charge < -0.3 is 4.74 Å². The molecular weight excluding hydrogens is 202 g/mol. The standard InChI is InChI=1S/C13H21NO2/c1-4-16-13(15)9(2)10-7-11-5-6-12(8-10)14(11)3/h11-12H,4-8H2,1-3H3. The Balaban J connectivity index is 2.11. The lowest BCUT2D eigenvalue weighted by Crippen LogP contribution is -2.37. The van der Waals surface area contributed by atoms with Crippen molar-refractivity contribution >= 4 is 5.97 Å². The van der Waals surface area contributed by atoms with E-state index in [0.717, 1.165) is 18.4 Å². The highest BCUT2D eigenvalue weighted by molar-refractivity contribution is 5.88. The molecule has 2 aliphatic rings. The number of ether oxygens (including phenoxy) is 1. The molecule has 2 atom stereocenters. The van der Waals surface area contributed by atoms with Crippen molar-refractivity contribution < 1.29 is 9.53 Å². The summed E-state index contributed by atoms with van der Waals surface area (Å²) < 4.78 is 5.06. The third-order valence-electron chi connectivity index (χ3n) is 4.06. The lowest BCUT2D eigenvalue weighted by atomic mass is 9.93.